The van der Waals surface area contributed by atoms with E-state index >= 15 is 0 Å². The van der Waals surface area contributed by atoms with E-state index in [9.17, 15) is 9.59 Å². The van der Waals surface area contributed by atoms with Crippen molar-refractivity contribution in [1.29, 1.82) is 0 Å². The molecule has 0 spiro atoms. The summed E-state index contributed by atoms with van der Waals surface area (Å²) in [6.45, 7) is 7.02. The van der Waals surface area contributed by atoms with Crippen molar-refractivity contribution >= 4 is 11.8 Å². The molecule has 1 aliphatic carbocycles. The molecule has 7 heteroatoms. The van der Waals surface area contributed by atoms with Gasteiger partial charge in [0.2, 0.25) is 0 Å². The van der Waals surface area contributed by atoms with E-state index in [1.54, 1.807) is 18.4 Å². The number of ether oxygens (including phenoxy) is 1. The van der Waals surface area contributed by atoms with Crippen molar-refractivity contribution in [3.05, 3.63) is 59.9 Å². The van der Waals surface area contributed by atoms with Gasteiger partial charge in [-0.2, -0.15) is 0 Å². The Morgan fingerprint density at radius 2 is 1.91 bits per heavy atom. The molecule has 1 aromatic carbocycles. The topological polar surface area (TPSA) is 83.8 Å². The summed E-state index contributed by atoms with van der Waals surface area (Å²) in [4.78, 5) is 28.4. The number of rotatable bonds is 9. The highest BCUT2D eigenvalue weighted by molar-refractivity contribution is 6.07. The largest absolute Gasteiger partial charge is 0.464 e. The molecule has 5 aliphatic rings. The van der Waals surface area contributed by atoms with Gasteiger partial charge < -0.3 is 24.7 Å². The molecule has 3 saturated heterocycles. The normalized spacial score (nSPS) is 21.2. The zero-order valence-electron chi connectivity index (χ0n) is 20.2. The van der Waals surface area contributed by atoms with Gasteiger partial charge in [0.15, 0.2) is 0 Å². The Hall–Kier alpha value is -3.16. The van der Waals surface area contributed by atoms with Crippen molar-refractivity contribution in [2.45, 2.75) is 32.2 Å². The standard InChI is InChI=1S/C28H33N3O4/c1-2-34-15-4-12-29-27(32)21-8-6-20(7-9-21)26-22-5-3-16-35-25(22)17-23(26)28(33)30-24-18-31-13-10-19(24)11-14-31/h3,5-9,16-17,19,24H,2,4,10-15,18H2,1H3,(H,29,32)(H,30,33)/t24-/m1/s1. The van der Waals surface area contributed by atoms with Gasteiger partial charge >= 0.3 is 0 Å². The van der Waals surface area contributed by atoms with Crippen molar-refractivity contribution < 1.29 is 18.7 Å². The number of hydrogen-bond donors (Lipinski definition) is 2. The predicted octanol–water partition coefficient (Wildman–Crippen LogP) is 4.03. The Labute approximate surface area is 206 Å². The van der Waals surface area contributed by atoms with Crippen molar-refractivity contribution in [2.75, 3.05) is 39.4 Å². The lowest BCUT2D eigenvalue weighted by molar-refractivity contribution is 0.0621. The van der Waals surface area contributed by atoms with Gasteiger partial charge in [-0.05, 0) is 81.1 Å². The van der Waals surface area contributed by atoms with Crippen LogP contribution in [0.15, 0.2) is 53.1 Å². The Kier molecular flexibility index (Phi) is 7.16. The van der Waals surface area contributed by atoms with Gasteiger partial charge in [0.25, 0.3) is 11.8 Å². The number of fused-ring (bicyclic) bond motifs is 4. The van der Waals surface area contributed by atoms with Gasteiger partial charge in [0, 0.05) is 49.0 Å². The van der Waals surface area contributed by atoms with E-state index in [2.05, 4.69) is 15.5 Å². The maximum atomic E-state index is 13.5. The quantitative estimate of drug-likeness (QED) is 0.457. The van der Waals surface area contributed by atoms with E-state index in [1.807, 2.05) is 37.3 Å². The molecular weight excluding hydrogens is 442 g/mol. The van der Waals surface area contributed by atoms with E-state index in [-0.39, 0.29) is 17.9 Å². The van der Waals surface area contributed by atoms with Crippen LogP contribution in [-0.4, -0.2) is 62.1 Å². The lowest BCUT2D eigenvalue weighted by Gasteiger charge is -2.44. The van der Waals surface area contributed by atoms with E-state index in [1.165, 1.54) is 0 Å². The summed E-state index contributed by atoms with van der Waals surface area (Å²) in [5.41, 5.74) is 3.81. The number of carbonyl (C=O) groups excluding carboxylic acids is 2. The summed E-state index contributed by atoms with van der Waals surface area (Å²) in [6, 6.07) is 13.2. The van der Waals surface area contributed by atoms with Crippen LogP contribution in [0.2, 0.25) is 0 Å². The molecule has 2 bridgehead atoms. The van der Waals surface area contributed by atoms with Crippen LogP contribution in [-0.2, 0) is 4.74 Å². The molecule has 0 aromatic heterocycles. The van der Waals surface area contributed by atoms with Crippen LogP contribution in [0.25, 0.3) is 22.5 Å². The second-order valence-corrected chi connectivity index (χ2v) is 9.43. The van der Waals surface area contributed by atoms with Crippen LogP contribution in [0.3, 0.4) is 0 Å². The molecule has 184 valence electrons. The third-order valence-corrected chi connectivity index (χ3v) is 7.22. The summed E-state index contributed by atoms with van der Waals surface area (Å²) in [5, 5.41) is 6.24. The van der Waals surface area contributed by atoms with E-state index in [0.29, 0.717) is 42.6 Å². The van der Waals surface area contributed by atoms with E-state index < -0.39 is 0 Å². The molecule has 4 heterocycles. The third-order valence-electron chi connectivity index (χ3n) is 7.22. The summed E-state index contributed by atoms with van der Waals surface area (Å²) in [6.07, 6.45) is 4.69. The van der Waals surface area contributed by atoms with Gasteiger partial charge in [-0.15, -0.1) is 0 Å². The number of nitrogens with one attached hydrogen (secondary N) is 2. The van der Waals surface area contributed by atoms with Gasteiger partial charge in [0.05, 0.1) is 11.8 Å². The van der Waals surface area contributed by atoms with Gasteiger partial charge in [-0.1, -0.05) is 12.1 Å². The van der Waals surface area contributed by atoms with Crippen LogP contribution in [0.1, 0.15) is 46.9 Å². The third kappa shape index (κ3) is 5.11. The first-order valence-electron chi connectivity index (χ1n) is 12.6. The lowest BCUT2D eigenvalue weighted by atomic mass is 9.84. The van der Waals surface area contributed by atoms with Gasteiger partial charge in [-0.25, -0.2) is 0 Å². The molecule has 2 N–H and O–H groups in total. The Bertz CT molecular complexity index is 1130. The molecular formula is C28H33N3O4. The first-order chi connectivity index (χ1) is 17.1. The van der Waals surface area contributed by atoms with Crippen molar-refractivity contribution in [1.82, 2.24) is 15.5 Å². The molecule has 3 fully saturated rings. The maximum absolute atomic E-state index is 13.5. The molecule has 4 aliphatic heterocycles. The predicted molar refractivity (Wildman–Crippen MR) is 135 cm³/mol. The minimum Gasteiger partial charge on any atom is -0.464 e. The number of amides is 2. The minimum absolute atomic E-state index is 0.0683. The Morgan fingerprint density at radius 3 is 2.63 bits per heavy atom. The van der Waals surface area contributed by atoms with E-state index in [0.717, 1.165) is 55.6 Å². The summed E-state index contributed by atoms with van der Waals surface area (Å²) in [7, 11) is 0. The fraction of sp³-hybridized carbons (Fsp3) is 0.429. The highest BCUT2D eigenvalue weighted by Crippen LogP contribution is 2.40. The lowest BCUT2D eigenvalue weighted by Crippen LogP contribution is -2.57. The first-order valence-corrected chi connectivity index (χ1v) is 12.6. The molecule has 1 atom stereocenters. The van der Waals surface area contributed by atoms with Crippen LogP contribution < -0.4 is 10.6 Å². The zero-order valence-corrected chi connectivity index (χ0v) is 20.2. The molecule has 6 rings (SSSR count). The Balaban J connectivity index is 1.35. The number of nitrogens with zero attached hydrogens (tertiary/aromatic N) is 1. The zero-order chi connectivity index (χ0) is 24.2. The number of hydrogen-bond acceptors (Lipinski definition) is 5. The van der Waals surface area contributed by atoms with Gasteiger partial charge in [-0.3, -0.25) is 9.59 Å². The van der Waals surface area contributed by atoms with Crippen LogP contribution in [0.5, 0.6) is 0 Å². The molecule has 7 nitrogen and oxygen atoms in total. The summed E-state index contributed by atoms with van der Waals surface area (Å²) >= 11 is 0. The molecule has 0 radical (unpaired) electrons. The second-order valence-electron chi connectivity index (χ2n) is 9.43. The SMILES string of the molecule is CCOCCCNC(=O)c1ccc(-c2c(C(=O)N[C@@H]3CN4CCC3CC4)cc3occcc2-3)cc1. The van der Waals surface area contributed by atoms with Crippen molar-refractivity contribution in [2.24, 2.45) is 5.92 Å². The average Bonchev–Trinajstić information content (AvgIpc) is 3.29. The second kappa shape index (κ2) is 10.6. The maximum Gasteiger partial charge on any atom is 0.252 e. The highest BCUT2D eigenvalue weighted by atomic mass is 16.5. The van der Waals surface area contributed by atoms with Crippen molar-refractivity contribution in [3.8, 4) is 22.5 Å². The summed E-state index contributed by atoms with van der Waals surface area (Å²) < 4.78 is 11.0. The van der Waals surface area contributed by atoms with Crippen LogP contribution >= 0.6 is 0 Å². The smallest absolute Gasteiger partial charge is 0.252 e. The molecule has 0 saturated carbocycles. The Morgan fingerprint density at radius 1 is 1.11 bits per heavy atom. The monoisotopic (exact) mass is 475 g/mol. The summed E-state index contributed by atoms with van der Waals surface area (Å²) in [5.74, 6) is 1.04. The average molecular weight is 476 g/mol. The number of benzene rings is 1. The molecule has 2 amide bonds. The first kappa shape index (κ1) is 23.6. The van der Waals surface area contributed by atoms with E-state index in [4.69, 9.17) is 9.15 Å². The van der Waals surface area contributed by atoms with Crippen molar-refractivity contribution in [3.63, 3.8) is 0 Å². The molecule has 1 aromatic rings. The molecule has 35 heavy (non-hydrogen) atoms. The highest BCUT2D eigenvalue weighted by Gasteiger charge is 2.36. The fourth-order valence-corrected chi connectivity index (χ4v) is 5.34. The van der Waals surface area contributed by atoms with Crippen LogP contribution in [0.4, 0.5) is 0 Å². The minimum atomic E-state index is -0.115. The number of piperidine rings is 3. The van der Waals surface area contributed by atoms with Crippen LogP contribution in [0, 0.1) is 5.92 Å². The molecule has 0 unspecified atom stereocenters. The van der Waals surface area contributed by atoms with Gasteiger partial charge in [0.1, 0.15) is 5.76 Å². The fourth-order valence-electron chi connectivity index (χ4n) is 5.34. The number of carbonyl (C=O) groups is 2.